The number of nitrogens with two attached hydrogens (primary N) is 1. The van der Waals surface area contributed by atoms with E-state index in [1.165, 1.54) is 0 Å². The lowest BCUT2D eigenvalue weighted by atomic mass is 9.86. The summed E-state index contributed by atoms with van der Waals surface area (Å²) in [5.74, 6) is -0.200. The van der Waals surface area contributed by atoms with E-state index in [4.69, 9.17) is 28.9 Å². The van der Waals surface area contributed by atoms with Crippen LogP contribution < -0.4 is 15.5 Å². The Kier molecular flexibility index (Phi) is 4.99. The van der Waals surface area contributed by atoms with Crippen LogP contribution in [0.1, 0.15) is 31.4 Å². The van der Waals surface area contributed by atoms with E-state index < -0.39 is 5.92 Å². The van der Waals surface area contributed by atoms with Gasteiger partial charge in [0.05, 0.1) is 5.92 Å². The van der Waals surface area contributed by atoms with Crippen LogP contribution in [0.25, 0.3) is 0 Å². The molecule has 4 rings (SSSR count). The molecule has 2 N–H and O–H groups in total. The fraction of sp³-hybridized carbons (Fsp3) is 0.364. The number of hydrogen-bond acceptors (Lipinski definition) is 3. The topological polar surface area (TPSA) is 66.6 Å². The molecule has 1 saturated heterocycles. The Morgan fingerprint density at radius 1 is 1.28 bits per heavy atom. The largest absolute Gasteiger partial charge is 0.399 e. The van der Waals surface area contributed by atoms with Crippen LogP contribution in [-0.2, 0) is 20.9 Å². The van der Waals surface area contributed by atoms with Crippen LogP contribution in [0.15, 0.2) is 36.4 Å². The van der Waals surface area contributed by atoms with Crippen molar-refractivity contribution in [3.8, 4) is 0 Å². The average molecular weight is 432 g/mol. The summed E-state index contributed by atoms with van der Waals surface area (Å²) in [7, 11) is 0. The van der Waals surface area contributed by atoms with Gasteiger partial charge < -0.3 is 15.5 Å². The third kappa shape index (κ3) is 3.47. The van der Waals surface area contributed by atoms with Crippen molar-refractivity contribution in [2.45, 2.75) is 31.6 Å². The molecule has 0 saturated carbocycles. The van der Waals surface area contributed by atoms with Crippen molar-refractivity contribution >= 4 is 52.1 Å². The number of halogens is 2. The van der Waals surface area contributed by atoms with E-state index >= 15 is 0 Å². The summed E-state index contributed by atoms with van der Waals surface area (Å²) >= 11 is 12.4. The maximum atomic E-state index is 13.4. The van der Waals surface area contributed by atoms with Crippen molar-refractivity contribution in [2.24, 2.45) is 5.92 Å². The molecular formula is C22H23Cl2N3O2. The number of nitrogen functional groups attached to an aromatic ring is 1. The van der Waals surface area contributed by atoms with Gasteiger partial charge in [0.2, 0.25) is 11.8 Å². The second-order valence-corrected chi connectivity index (χ2v) is 9.08. The fourth-order valence-electron chi connectivity index (χ4n) is 4.27. The summed E-state index contributed by atoms with van der Waals surface area (Å²) in [5.41, 5.74) is 9.68. The first kappa shape index (κ1) is 20.0. The van der Waals surface area contributed by atoms with E-state index in [1.54, 1.807) is 21.9 Å². The van der Waals surface area contributed by atoms with Crippen LogP contribution in [-0.4, -0.2) is 24.9 Å². The number of amides is 2. The van der Waals surface area contributed by atoms with Gasteiger partial charge in [0.1, 0.15) is 0 Å². The molecule has 7 heteroatoms. The Morgan fingerprint density at radius 3 is 2.72 bits per heavy atom. The van der Waals surface area contributed by atoms with Crippen molar-refractivity contribution in [3.05, 3.63) is 52.5 Å². The predicted molar refractivity (Wildman–Crippen MR) is 118 cm³/mol. The number of carbonyl (C=O) groups excluding carboxylic acids is 2. The van der Waals surface area contributed by atoms with Gasteiger partial charge in [0.25, 0.3) is 0 Å². The van der Waals surface area contributed by atoms with Crippen molar-refractivity contribution in [1.82, 2.24) is 0 Å². The quantitative estimate of drug-likeness (QED) is 0.580. The highest BCUT2D eigenvalue weighted by molar-refractivity contribution is 6.32. The zero-order valence-corrected chi connectivity index (χ0v) is 17.9. The number of nitrogens with zero attached hydrogens (tertiary/aromatic N) is 2. The van der Waals surface area contributed by atoms with E-state index in [0.29, 0.717) is 29.7 Å². The molecule has 152 valence electrons. The molecule has 0 radical (unpaired) electrons. The molecule has 0 aliphatic carbocycles. The van der Waals surface area contributed by atoms with E-state index in [9.17, 15) is 9.59 Å². The van der Waals surface area contributed by atoms with Crippen LogP contribution in [0.2, 0.25) is 5.02 Å². The Bertz CT molecular complexity index is 1010. The highest BCUT2D eigenvalue weighted by Gasteiger charge is 2.43. The van der Waals surface area contributed by atoms with Gasteiger partial charge in [0, 0.05) is 52.9 Å². The molecule has 1 fully saturated rings. The van der Waals surface area contributed by atoms with Crippen LogP contribution in [0, 0.1) is 5.92 Å². The first-order chi connectivity index (χ1) is 13.7. The molecule has 2 aliphatic rings. The standard InChI is InChI=1S/C22H23Cl2N3O2/c1-22(2)12-27(19-9-18(24)13(10-23)6-17(19)22)21(29)14-7-20(28)26(11-14)16-5-3-4-15(25)8-16/h3-6,8-9,14H,7,10-12,25H2,1-2H3. The highest BCUT2D eigenvalue weighted by Crippen LogP contribution is 2.44. The molecule has 0 spiro atoms. The lowest BCUT2D eigenvalue weighted by Gasteiger charge is -2.24. The lowest BCUT2D eigenvalue weighted by molar-refractivity contribution is -0.124. The first-order valence-corrected chi connectivity index (χ1v) is 10.5. The SMILES string of the molecule is CC1(C)CN(C(=O)C2CC(=O)N(c3cccc(N)c3)C2)c2cc(Cl)c(CCl)cc21. The summed E-state index contributed by atoms with van der Waals surface area (Å²) in [6.07, 6.45) is 0.188. The van der Waals surface area contributed by atoms with Gasteiger partial charge in [-0.2, -0.15) is 0 Å². The number of alkyl halides is 1. The summed E-state index contributed by atoms with van der Waals surface area (Å²) in [5, 5.41) is 0.554. The zero-order chi connectivity index (χ0) is 20.9. The molecule has 0 bridgehead atoms. The molecule has 2 aromatic carbocycles. The maximum absolute atomic E-state index is 13.4. The summed E-state index contributed by atoms with van der Waals surface area (Å²) in [4.78, 5) is 29.4. The van der Waals surface area contributed by atoms with Crippen LogP contribution in [0.5, 0.6) is 0 Å². The summed E-state index contributed by atoms with van der Waals surface area (Å²) < 4.78 is 0. The normalized spacial score (nSPS) is 20.3. The Labute approximate surface area is 180 Å². The van der Waals surface area contributed by atoms with Gasteiger partial charge in [-0.05, 0) is 35.4 Å². The average Bonchev–Trinajstić information content (AvgIpc) is 3.18. The van der Waals surface area contributed by atoms with Gasteiger partial charge in [-0.15, -0.1) is 11.6 Å². The molecular weight excluding hydrogens is 409 g/mol. The van der Waals surface area contributed by atoms with Crippen LogP contribution >= 0.6 is 23.2 Å². The van der Waals surface area contributed by atoms with Crippen molar-refractivity contribution in [3.63, 3.8) is 0 Å². The monoisotopic (exact) mass is 431 g/mol. The molecule has 2 aromatic rings. The molecule has 1 unspecified atom stereocenters. The number of hydrogen-bond donors (Lipinski definition) is 1. The predicted octanol–water partition coefficient (Wildman–Crippen LogP) is 4.34. The zero-order valence-electron chi connectivity index (χ0n) is 16.4. The van der Waals surface area contributed by atoms with Gasteiger partial charge in [-0.25, -0.2) is 0 Å². The molecule has 2 heterocycles. The Balaban J connectivity index is 1.62. The van der Waals surface area contributed by atoms with E-state index in [2.05, 4.69) is 13.8 Å². The minimum atomic E-state index is -0.405. The number of rotatable bonds is 3. The maximum Gasteiger partial charge on any atom is 0.232 e. The van der Waals surface area contributed by atoms with Crippen LogP contribution in [0.4, 0.5) is 17.1 Å². The Hall–Kier alpha value is -2.24. The number of fused-ring (bicyclic) bond motifs is 1. The number of carbonyl (C=O) groups is 2. The Morgan fingerprint density at radius 2 is 2.03 bits per heavy atom. The van der Waals surface area contributed by atoms with Crippen LogP contribution in [0.3, 0.4) is 0 Å². The van der Waals surface area contributed by atoms with Crippen molar-refractivity contribution in [1.29, 1.82) is 0 Å². The molecule has 0 aromatic heterocycles. The van der Waals surface area contributed by atoms with Gasteiger partial charge >= 0.3 is 0 Å². The van der Waals surface area contributed by atoms with E-state index in [0.717, 1.165) is 22.5 Å². The fourth-order valence-corrected chi connectivity index (χ4v) is 4.79. The molecule has 2 aliphatic heterocycles. The summed E-state index contributed by atoms with van der Waals surface area (Å²) in [6.45, 7) is 5.10. The van der Waals surface area contributed by atoms with E-state index in [-0.39, 0.29) is 23.7 Å². The molecule has 5 nitrogen and oxygen atoms in total. The highest BCUT2D eigenvalue weighted by atomic mass is 35.5. The number of anilines is 3. The van der Waals surface area contributed by atoms with E-state index in [1.807, 2.05) is 24.3 Å². The minimum Gasteiger partial charge on any atom is -0.399 e. The minimum absolute atomic E-state index is 0.0498. The molecule has 1 atom stereocenters. The lowest BCUT2D eigenvalue weighted by Crippen LogP contribution is -2.39. The van der Waals surface area contributed by atoms with Crippen molar-refractivity contribution < 1.29 is 9.59 Å². The first-order valence-electron chi connectivity index (χ1n) is 9.57. The third-order valence-corrected chi connectivity index (χ3v) is 6.44. The smallest absolute Gasteiger partial charge is 0.232 e. The summed E-state index contributed by atoms with van der Waals surface area (Å²) in [6, 6.07) is 11.0. The second kappa shape index (κ2) is 7.22. The number of benzene rings is 2. The van der Waals surface area contributed by atoms with Gasteiger partial charge in [-0.3, -0.25) is 9.59 Å². The van der Waals surface area contributed by atoms with Gasteiger partial charge in [-0.1, -0.05) is 37.6 Å². The van der Waals surface area contributed by atoms with Crippen molar-refractivity contribution in [2.75, 3.05) is 28.6 Å². The van der Waals surface area contributed by atoms with Gasteiger partial charge in [0.15, 0.2) is 0 Å². The second-order valence-electron chi connectivity index (χ2n) is 8.40. The molecule has 2 amide bonds. The molecule has 29 heavy (non-hydrogen) atoms. The third-order valence-electron chi connectivity index (χ3n) is 5.80.